The van der Waals surface area contributed by atoms with Gasteiger partial charge >= 0.3 is 0 Å². The number of carbonyl (C=O) groups excluding carboxylic acids is 1. The molecule has 1 atom stereocenters. The third-order valence-corrected chi connectivity index (χ3v) is 4.80. The molecule has 0 bridgehead atoms. The smallest absolute Gasteiger partial charge is 0.249 e. The quantitative estimate of drug-likeness (QED) is 0.688. The van der Waals surface area contributed by atoms with Crippen LogP contribution in [0.3, 0.4) is 0 Å². The van der Waals surface area contributed by atoms with Gasteiger partial charge in [-0.2, -0.15) is 0 Å². The molecule has 4 heteroatoms. The first-order valence-electron chi connectivity index (χ1n) is 8.91. The fraction of sp³-hybridized carbons (Fsp3) is 0.632. The van der Waals surface area contributed by atoms with E-state index in [1.807, 2.05) is 12.1 Å². The fourth-order valence-electron chi connectivity index (χ4n) is 3.13. The Balaban J connectivity index is 1.82. The number of unbranched alkanes of at least 4 members (excludes halogenated alkanes) is 5. The number of benzene rings is 1. The van der Waals surface area contributed by atoms with E-state index in [2.05, 4.69) is 19.1 Å². The molecule has 1 aromatic rings. The maximum atomic E-state index is 12.3. The van der Waals surface area contributed by atoms with Gasteiger partial charge in [0.05, 0.1) is 6.61 Å². The number of hydrogen-bond donors (Lipinski definition) is 2. The van der Waals surface area contributed by atoms with E-state index in [-0.39, 0.29) is 12.5 Å². The summed E-state index contributed by atoms with van der Waals surface area (Å²) >= 11 is 0. The van der Waals surface area contributed by atoms with Crippen LogP contribution in [0.5, 0.6) is 0 Å². The molecule has 23 heavy (non-hydrogen) atoms. The van der Waals surface area contributed by atoms with E-state index >= 15 is 0 Å². The highest BCUT2D eigenvalue weighted by Gasteiger charge is 2.43. The average molecular weight is 318 g/mol. The largest absolute Gasteiger partial charge is 0.394 e. The molecule has 1 aliphatic heterocycles. The number of anilines is 1. The second kappa shape index (κ2) is 8.46. The molecule has 1 heterocycles. The molecule has 1 amide bonds. The van der Waals surface area contributed by atoms with Crippen molar-refractivity contribution >= 4 is 11.6 Å². The normalized spacial score (nSPS) is 21.2. The maximum absolute atomic E-state index is 12.3. The number of rotatable bonds is 9. The molecule has 1 fully saturated rings. The van der Waals surface area contributed by atoms with Crippen LogP contribution >= 0.6 is 0 Å². The second-order valence-corrected chi connectivity index (χ2v) is 6.71. The monoisotopic (exact) mass is 318 g/mol. The molecule has 1 aromatic carbocycles. The fourth-order valence-corrected chi connectivity index (χ4v) is 3.13. The van der Waals surface area contributed by atoms with Gasteiger partial charge in [-0.1, -0.05) is 51.2 Å². The van der Waals surface area contributed by atoms with Crippen LogP contribution in [0.25, 0.3) is 0 Å². The predicted octanol–water partition coefficient (Wildman–Crippen LogP) is 3.02. The van der Waals surface area contributed by atoms with Gasteiger partial charge in [-0.15, -0.1) is 0 Å². The van der Waals surface area contributed by atoms with Gasteiger partial charge in [0.2, 0.25) is 5.91 Å². The minimum absolute atomic E-state index is 0.177. The van der Waals surface area contributed by atoms with E-state index in [1.54, 1.807) is 4.90 Å². The summed E-state index contributed by atoms with van der Waals surface area (Å²) in [5.41, 5.74) is 7.03. The van der Waals surface area contributed by atoms with Crippen molar-refractivity contribution in [3.05, 3.63) is 29.8 Å². The molecule has 1 aliphatic rings. The van der Waals surface area contributed by atoms with Crippen LogP contribution in [-0.2, 0) is 11.2 Å². The summed E-state index contributed by atoms with van der Waals surface area (Å²) in [5, 5.41) is 9.31. The summed E-state index contributed by atoms with van der Waals surface area (Å²) in [6.07, 6.45) is 9.42. The molecule has 0 aliphatic carbocycles. The van der Waals surface area contributed by atoms with Crippen molar-refractivity contribution < 1.29 is 9.90 Å². The highest BCUT2D eigenvalue weighted by Crippen LogP contribution is 2.27. The topological polar surface area (TPSA) is 66.6 Å². The van der Waals surface area contributed by atoms with Crippen LogP contribution in [0.1, 0.15) is 57.4 Å². The Hall–Kier alpha value is -1.39. The molecule has 128 valence electrons. The lowest BCUT2D eigenvalue weighted by atomic mass is 10.0. The van der Waals surface area contributed by atoms with Gasteiger partial charge in [0.1, 0.15) is 5.54 Å². The van der Waals surface area contributed by atoms with E-state index in [4.69, 9.17) is 5.73 Å². The zero-order valence-electron chi connectivity index (χ0n) is 14.3. The van der Waals surface area contributed by atoms with Crippen molar-refractivity contribution in [1.29, 1.82) is 0 Å². The van der Waals surface area contributed by atoms with Crippen LogP contribution in [0, 0.1) is 0 Å². The lowest BCUT2D eigenvalue weighted by Gasteiger charge is -2.21. The predicted molar refractivity (Wildman–Crippen MR) is 94.5 cm³/mol. The van der Waals surface area contributed by atoms with E-state index in [9.17, 15) is 9.90 Å². The molecular weight excluding hydrogens is 288 g/mol. The minimum Gasteiger partial charge on any atom is -0.394 e. The van der Waals surface area contributed by atoms with Crippen molar-refractivity contribution in [2.75, 3.05) is 18.1 Å². The number of carbonyl (C=O) groups is 1. The molecule has 1 saturated heterocycles. The molecule has 2 rings (SSSR count). The molecule has 0 saturated carbocycles. The molecule has 0 aromatic heterocycles. The summed E-state index contributed by atoms with van der Waals surface area (Å²) < 4.78 is 0. The summed E-state index contributed by atoms with van der Waals surface area (Å²) in [5.74, 6) is -0.177. The van der Waals surface area contributed by atoms with Gasteiger partial charge in [-0.3, -0.25) is 4.79 Å². The third-order valence-electron chi connectivity index (χ3n) is 4.80. The summed E-state index contributed by atoms with van der Waals surface area (Å²) in [7, 11) is 0. The number of aliphatic hydroxyl groups excluding tert-OH is 1. The molecule has 0 radical (unpaired) electrons. The van der Waals surface area contributed by atoms with E-state index in [0.717, 1.165) is 12.1 Å². The molecule has 3 N–H and O–H groups in total. The summed E-state index contributed by atoms with van der Waals surface area (Å²) in [6.45, 7) is 2.52. The number of amides is 1. The van der Waals surface area contributed by atoms with Crippen molar-refractivity contribution in [3.63, 3.8) is 0 Å². The van der Waals surface area contributed by atoms with Crippen molar-refractivity contribution in [2.24, 2.45) is 5.73 Å². The standard InChI is InChI=1S/C19H30N2O2/c1-2-3-4-5-6-7-8-16-9-11-17(12-10-16)21-14-13-19(20,15-22)18(21)23/h9-12,22H,2-8,13-15,20H2,1H3. The number of nitrogens with two attached hydrogens (primary N) is 1. The molecular formula is C19H30N2O2. The lowest BCUT2D eigenvalue weighted by molar-refractivity contribution is -0.122. The SMILES string of the molecule is CCCCCCCCc1ccc(N2CCC(N)(CO)C2=O)cc1. The van der Waals surface area contributed by atoms with Crippen LogP contribution in [0.2, 0.25) is 0 Å². The van der Waals surface area contributed by atoms with Crippen LogP contribution < -0.4 is 10.6 Å². The maximum Gasteiger partial charge on any atom is 0.249 e. The van der Waals surface area contributed by atoms with Crippen LogP contribution in [0.4, 0.5) is 5.69 Å². The van der Waals surface area contributed by atoms with Crippen molar-refractivity contribution in [2.45, 2.75) is 63.8 Å². The minimum atomic E-state index is -1.10. The van der Waals surface area contributed by atoms with E-state index < -0.39 is 5.54 Å². The van der Waals surface area contributed by atoms with Gasteiger partial charge in [0, 0.05) is 12.2 Å². The first kappa shape index (κ1) is 18.0. The van der Waals surface area contributed by atoms with Gasteiger partial charge in [0.25, 0.3) is 0 Å². The zero-order valence-corrected chi connectivity index (χ0v) is 14.3. The molecule has 4 nitrogen and oxygen atoms in total. The number of aliphatic hydroxyl groups is 1. The first-order chi connectivity index (χ1) is 11.1. The van der Waals surface area contributed by atoms with Gasteiger partial charge in [-0.05, 0) is 37.0 Å². The van der Waals surface area contributed by atoms with Crippen molar-refractivity contribution in [1.82, 2.24) is 0 Å². The Bertz CT molecular complexity index is 501. The van der Waals surface area contributed by atoms with E-state index in [0.29, 0.717) is 13.0 Å². The van der Waals surface area contributed by atoms with E-state index in [1.165, 1.54) is 44.1 Å². The average Bonchev–Trinajstić information content (AvgIpc) is 2.88. The third kappa shape index (κ3) is 4.55. The zero-order chi connectivity index (χ0) is 16.7. The summed E-state index contributed by atoms with van der Waals surface area (Å²) in [6, 6.07) is 8.19. The number of nitrogens with zero attached hydrogens (tertiary/aromatic N) is 1. The van der Waals surface area contributed by atoms with Gasteiger partial charge in [-0.25, -0.2) is 0 Å². The Morgan fingerprint density at radius 3 is 2.39 bits per heavy atom. The summed E-state index contributed by atoms with van der Waals surface area (Å²) in [4.78, 5) is 14.0. The Labute approximate surface area is 139 Å². The van der Waals surface area contributed by atoms with Crippen molar-refractivity contribution in [3.8, 4) is 0 Å². The highest BCUT2D eigenvalue weighted by molar-refractivity contribution is 6.02. The highest BCUT2D eigenvalue weighted by atomic mass is 16.3. The number of aryl methyl sites for hydroxylation is 1. The van der Waals surface area contributed by atoms with Gasteiger partial charge < -0.3 is 15.7 Å². The van der Waals surface area contributed by atoms with Crippen LogP contribution in [0.15, 0.2) is 24.3 Å². The van der Waals surface area contributed by atoms with Gasteiger partial charge in [0.15, 0.2) is 0 Å². The second-order valence-electron chi connectivity index (χ2n) is 6.71. The number of hydrogen-bond acceptors (Lipinski definition) is 3. The Morgan fingerprint density at radius 2 is 1.78 bits per heavy atom. The Kier molecular flexibility index (Phi) is 6.60. The lowest BCUT2D eigenvalue weighted by Crippen LogP contribution is -2.51. The van der Waals surface area contributed by atoms with Crippen LogP contribution in [-0.4, -0.2) is 29.7 Å². The molecule has 0 spiro atoms. The Morgan fingerprint density at radius 1 is 1.13 bits per heavy atom. The molecule has 1 unspecified atom stereocenters. The first-order valence-corrected chi connectivity index (χ1v) is 8.91.